The van der Waals surface area contributed by atoms with Crippen LogP contribution in [0.5, 0.6) is 0 Å². The van der Waals surface area contributed by atoms with Crippen LogP contribution >= 0.6 is 11.6 Å². The van der Waals surface area contributed by atoms with E-state index in [-0.39, 0.29) is 22.8 Å². The lowest BCUT2D eigenvalue weighted by atomic mass is 9.63. The van der Waals surface area contributed by atoms with E-state index in [9.17, 15) is 13.2 Å². The first-order valence-corrected chi connectivity index (χ1v) is 13.7. The Bertz CT molecular complexity index is 867. The molecule has 1 aliphatic heterocycles. The molecular weight excluding hydrogens is 432 g/mol. The van der Waals surface area contributed by atoms with Gasteiger partial charge in [0.2, 0.25) is 15.9 Å². The minimum Gasteiger partial charge on any atom is -0.356 e. The Morgan fingerprint density at radius 1 is 1.10 bits per heavy atom. The van der Waals surface area contributed by atoms with Crippen molar-refractivity contribution in [3.05, 3.63) is 29.3 Å². The van der Waals surface area contributed by atoms with Crippen LogP contribution in [0.15, 0.2) is 29.2 Å². The third kappa shape index (κ3) is 5.28. The largest absolute Gasteiger partial charge is 0.356 e. The van der Waals surface area contributed by atoms with E-state index in [1.807, 2.05) is 0 Å². The zero-order valence-corrected chi connectivity index (χ0v) is 20.0. The Hall–Kier alpha value is -1.11. The van der Waals surface area contributed by atoms with E-state index in [1.54, 1.807) is 28.6 Å². The summed E-state index contributed by atoms with van der Waals surface area (Å²) in [6.45, 7) is 3.32. The van der Waals surface area contributed by atoms with Gasteiger partial charge in [0.25, 0.3) is 0 Å². The molecule has 3 atom stereocenters. The lowest BCUT2D eigenvalue weighted by Gasteiger charge is -2.42. The van der Waals surface area contributed by atoms with Crippen LogP contribution in [0.25, 0.3) is 0 Å². The molecule has 5 nitrogen and oxygen atoms in total. The van der Waals surface area contributed by atoms with E-state index >= 15 is 0 Å². The van der Waals surface area contributed by atoms with Crippen LogP contribution in [0.1, 0.15) is 64.7 Å². The Morgan fingerprint density at radius 3 is 2.52 bits per heavy atom. The fraction of sp³-hybridized carbons (Fsp3) is 0.708. The van der Waals surface area contributed by atoms with Gasteiger partial charge in [0.1, 0.15) is 0 Å². The topological polar surface area (TPSA) is 66.5 Å². The molecule has 2 bridgehead atoms. The van der Waals surface area contributed by atoms with E-state index in [1.165, 1.54) is 19.3 Å². The summed E-state index contributed by atoms with van der Waals surface area (Å²) in [4.78, 5) is 13.2. The highest BCUT2D eigenvalue weighted by Gasteiger charge is 2.38. The van der Waals surface area contributed by atoms with Crippen molar-refractivity contribution in [3.8, 4) is 0 Å². The van der Waals surface area contributed by atoms with Crippen LogP contribution in [0.2, 0.25) is 5.02 Å². The van der Waals surface area contributed by atoms with Gasteiger partial charge >= 0.3 is 0 Å². The Kier molecular flexibility index (Phi) is 7.29. The molecule has 4 fully saturated rings. The fourth-order valence-corrected chi connectivity index (χ4v) is 7.79. The number of nitrogens with one attached hydrogen (secondary N) is 1. The summed E-state index contributed by atoms with van der Waals surface area (Å²) < 4.78 is 27.8. The summed E-state index contributed by atoms with van der Waals surface area (Å²) in [5.74, 6) is 2.59. The third-order valence-corrected chi connectivity index (χ3v) is 9.92. The molecule has 3 aliphatic carbocycles. The van der Waals surface area contributed by atoms with E-state index in [0.29, 0.717) is 30.5 Å². The van der Waals surface area contributed by atoms with Gasteiger partial charge in [0, 0.05) is 30.1 Å². The summed E-state index contributed by atoms with van der Waals surface area (Å²) in [5.41, 5.74) is 0. The Morgan fingerprint density at radius 2 is 1.81 bits per heavy atom. The summed E-state index contributed by atoms with van der Waals surface area (Å²) in [6.07, 6.45) is 9.45. The van der Waals surface area contributed by atoms with Gasteiger partial charge in [-0.25, -0.2) is 8.42 Å². The first-order chi connectivity index (χ1) is 14.9. The van der Waals surface area contributed by atoms with E-state index < -0.39 is 10.0 Å². The highest BCUT2D eigenvalue weighted by atomic mass is 35.5. The van der Waals surface area contributed by atoms with Crippen LogP contribution < -0.4 is 5.32 Å². The molecule has 3 saturated carbocycles. The SMILES string of the molecule is CC[C@H]1CC2CC(C2)CC(C(=O)NCCC2CCCN2S(=O)(=O)c2ccc(Cl)cc2)C1. The van der Waals surface area contributed by atoms with Crippen molar-refractivity contribution >= 4 is 27.5 Å². The van der Waals surface area contributed by atoms with Crippen LogP contribution in [0.4, 0.5) is 0 Å². The number of halogens is 1. The number of amides is 1. The van der Waals surface area contributed by atoms with Crippen LogP contribution in [0.3, 0.4) is 0 Å². The number of sulfonamides is 1. The highest BCUT2D eigenvalue weighted by Crippen LogP contribution is 2.46. The molecule has 1 aromatic carbocycles. The maximum Gasteiger partial charge on any atom is 0.243 e. The molecule has 1 heterocycles. The predicted octanol–water partition coefficient (Wildman–Crippen LogP) is 4.85. The number of carbonyl (C=O) groups excluding carboxylic acids is 1. The second-order valence-electron chi connectivity index (χ2n) is 9.83. The van der Waals surface area contributed by atoms with Crippen LogP contribution in [-0.4, -0.2) is 37.8 Å². The van der Waals surface area contributed by atoms with Crippen molar-refractivity contribution < 1.29 is 13.2 Å². The van der Waals surface area contributed by atoms with Gasteiger partial charge in [-0.1, -0.05) is 24.9 Å². The van der Waals surface area contributed by atoms with Gasteiger partial charge in [0.15, 0.2) is 0 Å². The van der Waals surface area contributed by atoms with Gasteiger partial charge in [-0.15, -0.1) is 0 Å². The standard InChI is InChI=1S/C24H35ClN2O3S/c1-2-17-12-18-13-19(14-18)16-20(15-17)24(28)26-10-9-22-4-3-11-27(22)31(29,30)23-7-5-21(25)6-8-23/h5-8,17-20,22H,2-4,9-16H2,1H3,(H,26,28)/t17-,18?,19?,20?,22?/m0/s1. The van der Waals surface area contributed by atoms with E-state index in [4.69, 9.17) is 11.6 Å². The lowest BCUT2D eigenvalue weighted by Crippen LogP contribution is -2.41. The van der Waals surface area contributed by atoms with Crippen molar-refractivity contribution in [2.75, 3.05) is 13.1 Å². The molecule has 0 aromatic heterocycles. The smallest absolute Gasteiger partial charge is 0.243 e. The maximum absolute atomic E-state index is 13.1. The summed E-state index contributed by atoms with van der Waals surface area (Å²) in [7, 11) is -3.54. The number of benzene rings is 1. The molecule has 4 aliphatic rings. The highest BCUT2D eigenvalue weighted by molar-refractivity contribution is 7.89. The minimum absolute atomic E-state index is 0.0610. The van der Waals surface area contributed by atoms with Gasteiger partial charge in [-0.05, 0) is 93.4 Å². The summed E-state index contributed by atoms with van der Waals surface area (Å²) in [5, 5.41) is 3.68. The number of hydrogen-bond donors (Lipinski definition) is 1. The molecule has 1 saturated heterocycles. The second-order valence-corrected chi connectivity index (χ2v) is 12.2. The predicted molar refractivity (Wildman–Crippen MR) is 123 cm³/mol. The van der Waals surface area contributed by atoms with Gasteiger partial charge in [0.05, 0.1) is 4.90 Å². The molecule has 7 heteroatoms. The molecule has 1 N–H and O–H groups in total. The first kappa shape index (κ1) is 23.1. The van der Waals surface area contributed by atoms with Crippen molar-refractivity contribution in [2.24, 2.45) is 23.7 Å². The van der Waals surface area contributed by atoms with Gasteiger partial charge in [-0.2, -0.15) is 4.31 Å². The van der Waals surface area contributed by atoms with Crippen LogP contribution in [-0.2, 0) is 14.8 Å². The molecule has 172 valence electrons. The Labute approximate surface area is 192 Å². The molecule has 31 heavy (non-hydrogen) atoms. The molecule has 2 unspecified atom stereocenters. The van der Waals surface area contributed by atoms with Crippen molar-refractivity contribution in [1.29, 1.82) is 0 Å². The average Bonchev–Trinajstić information content (AvgIpc) is 3.16. The van der Waals surface area contributed by atoms with Crippen molar-refractivity contribution in [1.82, 2.24) is 9.62 Å². The third-order valence-electron chi connectivity index (χ3n) is 7.70. The van der Waals surface area contributed by atoms with E-state index in [2.05, 4.69) is 12.2 Å². The average molecular weight is 467 g/mol. The van der Waals surface area contributed by atoms with Crippen molar-refractivity contribution in [2.45, 2.75) is 75.6 Å². The normalized spacial score (nSPS) is 31.5. The van der Waals surface area contributed by atoms with Crippen LogP contribution in [0, 0.1) is 23.7 Å². The number of fused-ring (bicyclic) bond motifs is 4. The zero-order chi connectivity index (χ0) is 22.0. The zero-order valence-electron chi connectivity index (χ0n) is 18.4. The van der Waals surface area contributed by atoms with E-state index in [0.717, 1.165) is 43.9 Å². The molecule has 0 spiro atoms. The molecule has 1 amide bonds. The number of rotatable bonds is 7. The Balaban J connectivity index is 1.32. The summed E-state index contributed by atoms with van der Waals surface area (Å²) >= 11 is 5.91. The number of hydrogen-bond acceptors (Lipinski definition) is 3. The molecule has 0 radical (unpaired) electrons. The number of carbonyl (C=O) groups is 1. The molecule has 1 aromatic rings. The fourth-order valence-electron chi connectivity index (χ4n) is 5.94. The second kappa shape index (κ2) is 9.80. The monoisotopic (exact) mass is 466 g/mol. The molecule has 5 rings (SSSR count). The van der Waals surface area contributed by atoms with Gasteiger partial charge in [-0.3, -0.25) is 4.79 Å². The van der Waals surface area contributed by atoms with Crippen molar-refractivity contribution in [3.63, 3.8) is 0 Å². The minimum atomic E-state index is -3.54. The maximum atomic E-state index is 13.1. The van der Waals surface area contributed by atoms with Gasteiger partial charge < -0.3 is 5.32 Å². The first-order valence-electron chi connectivity index (χ1n) is 11.9. The quantitative estimate of drug-likeness (QED) is 0.624. The summed E-state index contributed by atoms with van der Waals surface area (Å²) in [6, 6.07) is 6.30. The lowest BCUT2D eigenvalue weighted by molar-refractivity contribution is -0.127. The number of nitrogens with zero attached hydrogens (tertiary/aromatic N) is 1. The molecular formula is C24H35ClN2O3S.